The normalized spacial score (nSPS) is 33.7. The topological polar surface area (TPSA) is 44.3 Å². The van der Waals surface area contributed by atoms with Crippen molar-refractivity contribution < 1.29 is 5.11 Å². The lowest BCUT2D eigenvalue weighted by Gasteiger charge is -2.45. The molecule has 1 spiro atoms. The number of hydrogen-bond donors (Lipinski definition) is 3. The van der Waals surface area contributed by atoms with E-state index in [1.165, 1.54) is 11.1 Å². The van der Waals surface area contributed by atoms with Crippen LogP contribution in [0.5, 0.6) is 0 Å². The van der Waals surface area contributed by atoms with E-state index >= 15 is 0 Å². The van der Waals surface area contributed by atoms with Crippen LogP contribution in [0, 0.1) is 0 Å². The Morgan fingerprint density at radius 1 is 1.25 bits per heavy atom. The van der Waals surface area contributed by atoms with Crippen molar-refractivity contribution in [2.24, 2.45) is 0 Å². The molecule has 3 rings (SSSR count). The molecule has 1 unspecified atom stereocenters. The van der Waals surface area contributed by atoms with Crippen molar-refractivity contribution in [3.63, 3.8) is 0 Å². The first-order chi connectivity index (χ1) is 7.80. The summed E-state index contributed by atoms with van der Waals surface area (Å²) in [6, 6.07) is 8.53. The minimum absolute atomic E-state index is 0.0976. The smallest absolute Gasteiger partial charge is 0.0849 e. The predicted octanol–water partition coefficient (Wildman–Crippen LogP) is 0.425. The van der Waals surface area contributed by atoms with E-state index in [-0.39, 0.29) is 11.6 Å². The average Bonchev–Trinajstić information content (AvgIpc) is 2.33. The Kier molecular flexibility index (Phi) is 2.46. The molecule has 0 aliphatic carbocycles. The Morgan fingerprint density at radius 2 is 2.06 bits per heavy atom. The SMILES string of the molecule is O[C@@H]1CNCCC12Cc1ccccc1CN2. The number of benzene rings is 1. The Morgan fingerprint density at radius 3 is 2.88 bits per heavy atom. The van der Waals surface area contributed by atoms with Crippen molar-refractivity contribution in [1.82, 2.24) is 10.6 Å². The third-order valence-corrected chi connectivity index (χ3v) is 3.98. The summed E-state index contributed by atoms with van der Waals surface area (Å²) in [6.07, 6.45) is 1.67. The lowest BCUT2D eigenvalue weighted by Crippen LogP contribution is -2.64. The van der Waals surface area contributed by atoms with E-state index in [1.54, 1.807) is 0 Å². The van der Waals surface area contributed by atoms with E-state index < -0.39 is 0 Å². The molecule has 2 aliphatic heterocycles. The quantitative estimate of drug-likeness (QED) is 0.591. The fourth-order valence-corrected chi connectivity index (χ4v) is 2.90. The van der Waals surface area contributed by atoms with Gasteiger partial charge in [0.15, 0.2) is 0 Å². The molecule has 0 amide bonds. The molecule has 2 heterocycles. The molecule has 16 heavy (non-hydrogen) atoms. The van der Waals surface area contributed by atoms with Gasteiger partial charge in [-0.05, 0) is 30.5 Å². The van der Waals surface area contributed by atoms with Gasteiger partial charge in [-0.15, -0.1) is 0 Å². The van der Waals surface area contributed by atoms with Gasteiger partial charge in [-0.1, -0.05) is 24.3 Å². The van der Waals surface area contributed by atoms with Gasteiger partial charge in [-0.3, -0.25) is 0 Å². The maximum atomic E-state index is 10.2. The molecule has 3 N–H and O–H groups in total. The second-order valence-electron chi connectivity index (χ2n) is 4.93. The van der Waals surface area contributed by atoms with Crippen molar-refractivity contribution >= 4 is 0 Å². The van der Waals surface area contributed by atoms with Crippen LogP contribution in [0.15, 0.2) is 24.3 Å². The van der Waals surface area contributed by atoms with Gasteiger partial charge in [0.2, 0.25) is 0 Å². The van der Waals surface area contributed by atoms with E-state index in [2.05, 4.69) is 34.9 Å². The minimum atomic E-state index is -0.283. The molecule has 2 atom stereocenters. The summed E-state index contributed by atoms with van der Waals surface area (Å²) in [5, 5.41) is 17.0. The maximum Gasteiger partial charge on any atom is 0.0849 e. The van der Waals surface area contributed by atoms with E-state index in [9.17, 15) is 5.11 Å². The summed E-state index contributed by atoms with van der Waals surface area (Å²) in [4.78, 5) is 0. The van der Waals surface area contributed by atoms with Gasteiger partial charge in [-0.25, -0.2) is 0 Å². The van der Waals surface area contributed by atoms with E-state index in [0.717, 1.165) is 25.9 Å². The molecule has 1 aromatic rings. The molecule has 0 bridgehead atoms. The molecule has 0 saturated carbocycles. The molecule has 3 nitrogen and oxygen atoms in total. The summed E-state index contributed by atoms with van der Waals surface area (Å²) < 4.78 is 0. The Hall–Kier alpha value is -0.900. The number of aliphatic hydroxyl groups excluding tert-OH is 1. The highest BCUT2D eigenvalue weighted by atomic mass is 16.3. The van der Waals surface area contributed by atoms with E-state index in [1.807, 2.05) is 0 Å². The van der Waals surface area contributed by atoms with Crippen molar-refractivity contribution in [2.75, 3.05) is 13.1 Å². The third kappa shape index (κ3) is 1.56. The molecule has 86 valence electrons. The van der Waals surface area contributed by atoms with E-state index in [0.29, 0.717) is 6.54 Å². The van der Waals surface area contributed by atoms with Crippen molar-refractivity contribution in [3.8, 4) is 0 Å². The van der Waals surface area contributed by atoms with Crippen LogP contribution in [0.2, 0.25) is 0 Å². The minimum Gasteiger partial charge on any atom is -0.390 e. The monoisotopic (exact) mass is 218 g/mol. The highest BCUT2D eigenvalue weighted by Crippen LogP contribution is 2.29. The Labute approximate surface area is 95.9 Å². The van der Waals surface area contributed by atoms with E-state index in [4.69, 9.17) is 0 Å². The van der Waals surface area contributed by atoms with Crippen LogP contribution in [0.3, 0.4) is 0 Å². The molecule has 0 radical (unpaired) electrons. The Bertz CT molecular complexity index is 393. The zero-order chi connectivity index (χ0) is 11.0. The van der Waals surface area contributed by atoms with Gasteiger partial charge in [0, 0.05) is 13.1 Å². The second kappa shape index (κ2) is 3.84. The van der Waals surface area contributed by atoms with Crippen LogP contribution in [0.25, 0.3) is 0 Å². The fourth-order valence-electron chi connectivity index (χ4n) is 2.90. The maximum absolute atomic E-state index is 10.2. The van der Waals surface area contributed by atoms with Gasteiger partial charge in [0.05, 0.1) is 11.6 Å². The number of rotatable bonds is 0. The highest BCUT2D eigenvalue weighted by Gasteiger charge is 2.41. The average molecular weight is 218 g/mol. The summed E-state index contributed by atoms with van der Waals surface area (Å²) in [5.74, 6) is 0. The standard InChI is InChI=1S/C13H18N2O/c16-12-9-14-6-5-13(12)7-10-3-1-2-4-11(10)8-15-13/h1-4,12,14-16H,5-9H2/t12-,13?/m1/s1. The van der Waals surface area contributed by atoms with Gasteiger partial charge in [0.25, 0.3) is 0 Å². The lowest BCUT2D eigenvalue weighted by molar-refractivity contribution is 0.0287. The molecule has 0 aromatic heterocycles. The van der Waals surface area contributed by atoms with Gasteiger partial charge in [0.1, 0.15) is 0 Å². The Balaban J connectivity index is 1.91. The number of hydrogen-bond acceptors (Lipinski definition) is 3. The molecular formula is C13H18N2O. The summed E-state index contributed by atoms with van der Waals surface area (Å²) >= 11 is 0. The molecular weight excluding hydrogens is 200 g/mol. The number of aliphatic hydroxyl groups is 1. The largest absolute Gasteiger partial charge is 0.390 e. The van der Waals surface area contributed by atoms with Crippen LogP contribution < -0.4 is 10.6 Å². The van der Waals surface area contributed by atoms with Gasteiger partial charge in [-0.2, -0.15) is 0 Å². The second-order valence-corrected chi connectivity index (χ2v) is 4.93. The van der Waals surface area contributed by atoms with Gasteiger partial charge < -0.3 is 15.7 Å². The summed E-state index contributed by atoms with van der Waals surface area (Å²) in [5.41, 5.74) is 2.67. The van der Waals surface area contributed by atoms with Crippen LogP contribution in [-0.4, -0.2) is 29.8 Å². The molecule has 2 aliphatic rings. The first-order valence-corrected chi connectivity index (χ1v) is 6.01. The van der Waals surface area contributed by atoms with Crippen LogP contribution in [0.4, 0.5) is 0 Å². The predicted molar refractivity (Wildman–Crippen MR) is 63.2 cm³/mol. The molecule has 1 aromatic carbocycles. The van der Waals surface area contributed by atoms with Crippen molar-refractivity contribution in [1.29, 1.82) is 0 Å². The van der Waals surface area contributed by atoms with Crippen LogP contribution >= 0.6 is 0 Å². The van der Waals surface area contributed by atoms with Crippen LogP contribution in [-0.2, 0) is 13.0 Å². The summed E-state index contributed by atoms with van der Waals surface area (Å²) in [7, 11) is 0. The first kappa shape index (κ1) is 10.3. The fraction of sp³-hybridized carbons (Fsp3) is 0.538. The zero-order valence-electron chi connectivity index (χ0n) is 9.37. The highest BCUT2D eigenvalue weighted by molar-refractivity contribution is 5.32. The van der Waals surface area contributed by atoms with Gasteiger partial charge >= 0.3 is 0 Å². The molecule has 3 heteroatoms. The number of nitrogens with one attached hydrogen (secondary N) is 2. The van der Waals surface area contributed by atoms with Crippen LogP contribution in [0.1, 0.15) is 17.5 Å². The summed E-state index contributed by atoms with van der Waals surface area (Å²) in [6.45, 7) is 2.58. The van der Waals surface area contributed by atoms with Crippen molar-refractivity contribution in [3.05, 3.63) is 35.4 Å². The molecule has 1 fully saturated rings. The number of β-amino-alcohol motifs (C(OH)–C–C–N with tert-alkyl or cyclic N) is 1. The first-order valence-electron chi connectivity index (χ1n) is 6.01. The number of fused-ring (bicyclic) bond motifs is 1. The lowest BCUT2D eigenvalue weighted by atomic mass is 9.76. The number of piperidine rings is 1. The van der Waals surface area contributed by atoms with Crippen molar-refractivity contribution in [2.45, 2.75) is 31.0 Å². The zero-order valence-corrected chi connectivity index (χ0v) is 9.37. The third-order valence-electron chi connectivity index (χ3n) is 3.98. The molecule has 1 saturated heterocycles.